The van der Waals surface area contributed by atoms with Crippen LogP contribution in [0.15, 0.2) is 34.7 Å². The average Bonchev–Trinajstić information content (AvgIpc) is 3.44. The van der Waals surface area contributed by atoms with Gasteiger partial charge in [0.2, 0.25) is 11.5 Å². The lowest BCUT2D eigenvalue weighted by atomic mass is 9.97. The number of pyridine rings is 1. The molecule has 35 heavy (non-hydrogen) atoms. The van der Waals surface area contributed by atoms with Crippen LogP contribution in [0.3, 0.4) is 0 Å². The Hall–Kier alpha value is -3.89. The monoisotopic (exact) mass is 478 g/mol. The first kappa shape index (κ1) is 22.9. The molecule has 3 aromatic heterocycles. The van der Waals surface area contributed by atoms with Crippen LogP contribution in [-0.2, 0) is 6.54 Å². The molecule has 11 heteroatoms. The standard InChI is InChI=1S/C24H27FN8O2/c1-15-5-8-19-21(26-15)27-23(35-19)32-11-9-31(10-12-32)22(34)16-6-7-17(18(25)13-16)20-28-30-33(29-20)14-24(2,3)4/h5-8,13H,9-12,14H2,1-4H3. The summed E-state index contributed by atoms with van der Waals surface area (Å²) in [4.78, 5) is 27.0. The summed E-state index contributed by atoms with van der Waals surface area (Å²) in [5.74, 6) is -0.587. The molecular formula is C24H27FN8O2. The van der Waals surface area contributed by atoms with Crippen LogP contribution in [0.25, 0.3) is 22.6 Å². The van der Waals surface area contributed by atoms with Crippen LogP contribution in [0.5, 0.6) is 0 Å². The fourth-order valence-electron chi connectivity index (χ4n) is 3.99. The number of carbonyl (C=O) groups is 1. The van der Waals surface area contributed by atoms with Crippen LogP contribution in [-0.4, -0.2) is 67.2 Å². The number of amides is 1. The summed E-state index contributed by atoms with van der Waals surface area (Å²) in [6.07, 6.45) is 0. The van der Waals surface area contributed by atoms with Crippen molar-refractivity contribution in [1.29, 1.82) is 0 Å². The molecule has 1 amide bonds. The number of rotatable bonds is 4. The van der Waals surface area contributed by atoms with E-state index in [1.54, 1.807) is 11.0 Å². The number of tetrazole rings is 1. The Bertz CT molecular complexity index is 1380. The molecule has 10 nitrogen and oxygen atoms in total. The van der Waals surface area contributed by atoms with Gasteiger partial charge in [-0.05, 0) is 47.9 Å². The lowest BCUT2D eigenvalue weighted by Crippen LogP contribution is -2.49. The SMILES string of the molecule is Cc1ccc2oc(N3CCN(C(=O)c4ccc(-c5nnn(CC(C)(C)C)n5)c(F)c4)CC3)nc2n1. The summed E-state index contributed by atoms with van der Waals surface area (Å²) in [5, 5.41) is 12.3. The highest BCUT2D eigenvalue weighted by Crippen LogP contribution is 2.24. The van der Waals surface area contributed by atoms with Gasteiger partial charge in [-0.25, -0.2) is 9.37 Å². The topological polar surface area (TPSA) is 106 Å². The van der Waals surface area contributed by atoms with Gasteiger partial charge in [0.1, 0.15) is 5.82 Å². The highest BCUT2D eigenvalue weighted by Gasteiger charge is 2.26. The van der Waals surface area contributed by atoms with Crippen molar-refractivity contribution in [2.24, 2.45) is 5.41 Å². The van der Waals surface area contributed by atoms with Crippen LogP contribution in [0, 0.1) is 18.2 Å². The number of hydrogen-bond donors (Lipinski definition) is 0. The number of carbonyl (C=O) groups excluding carboxylic acids is 1. The van der Waals surface area contributed by atoms with Gasteiger partial charge in [0, 0.05) is 37.4 Å². The quantitative estimate of drug-likeness (QED) is 0.440. The first-order chi connectivity index (χ1) is 16.7. The van der Waals surface area contributed by atoms with E-state index in [0.717, 1.165) is 5.69 Å². The minimum Gasteiger partial charge on any atom is -0.422 e. The second-order valence-electron chi connectivity index (χ2n) is 9.95. The predicted molar refractivity (Wildman–Crippen MR) is 127 cm³/mol. The summed E-state index contributed by atoms with van der Waals surface area (Å²) in [5.41, 5.74) is 2.54. The molecule has 0 unspecified atom stereocenters. The van der Waals surface area contributed by atoms with Gasteiger partial charge in [-0.1, -0.05) is 20.8 Å². The van der Waals surface area contributed by atoms with Crippen LogP contribution in [0.4, 0.5) is 10.4 Å². The van der Waals surface area contributed by atoms with Crippen molar-refractivity contribution < 1.29 is 13.6 Å². The number of nitrogens with zero attached hydrogens (tertiary/aromatic N) is 8. The number of piperazine rings is 1. The van der Waals surface area contributed by atoms with Gasteiger partial charge >= 0.3 is 0 Å². The van der Waals surface area contributed by atoms with Crippen LogP contribution in [0.1, 0.15) is 36.8 Å². The fourth-order valence-corrected chi connectivity index (χ4v) is 3.99. The first-order valence-electron chi connectivity index (χ1n) is 11.5. The normalized spacial score (nSPS) is 14.7. The summed E-state index contributed by atoms with van der Waals surface area (Å²) >= 11 is 0. The summed E-state index contributed by atoms with van der Waals surface area (Å²) in [6.45, 7) is 10.7. The first-order valence-corrected chi connectivity index (χ1v) is 11.5. The zero-order valence-electron chi connectivity index (χ0n) is 20.2. The third-order valence-electron chi connectivity index (χ3n) is 5.74. The number of benzene rings is 1. The van der Waals surface area contributed by atoms with E-state index < -0.39 is 5.82 Å². The molecule has 0 aliphatic carbocycles. The molecule has 4 heterocycles. The highest BCUT2D eigenvalue weighted by atomic mass is 19.1. The number of anilines is 1. The minimum absolute atomic E-state index is 0.0345. The van der Waals surface area contributed by atoms with Crippen molar-refractivity contribution >= 4 is 23.2 Å². The van der Waals surface area contributed by atoms with E-state index in [9.17, 15) is 9.18 Å². The molecule has 1 fully saturated rings. The molecule has 0 atom stereocenters. The molecule has 1 aliphatic rings. The average molecular weight is 479 g/mol. The van der Waals surface area contributed by atoms with Gasteiger partial charge in [-0.2, -0.15) is 9.78 Å². The Balaban J connectivity index is 1.25. The van der Waals surface area contributed by atoms with E-state index in [2.05, 4.69) is 46.1 Å². The smallest absolute Gasteiger partial charge is 0.300 e. The molecule has 5 rings (SSSR count). The molecule has 4 aromatic rings. The Morgan fingerprint density at radius 2 is 1.86 bits per heavy atom. The Kier molecular flexibility index (Phi) is 5.70. The number of hydrogen-bond acceptors (Lipinski definition) is 8. The van der Waals surface area contributed by atoms with Gasteiger partial charge in [-0.3, -0.25) is 4.79 Å². The molecule has 1 aromatic carbocycles. The van der Waals surface area contributed by atoms with E-state index in [1.165, 1.54) is 16.9 Å². The lowest BCUT2D eigenvalue weighted by molar-refractivity contribution is 0.0744. The van der Waals surface area contributed by atoms with Crippen LogP contribution >= 0.6 is 0 Å². The predicted octanol–water partition coefficient (Wildman–Crippen LogP) is 3.33. The molecule has 1 aliphatic heterocycles. The maximum Gasteiger partial charge on any atom is 0.300 e. The second-order valence-corrected chi connectivity index (χ2v) is 9.95. The Labute approximate surface area is 201 Å². The van der Waals surface area contributed by atoms with Gasteiger partial charge < -0.3 is 14.2 Å². The van der Waals surface area contributed by atoms with Crippen LogP contribution in [0.2, 0.25) is 0 Å². The largest absolute Gasteiger partial charge is 0.422 e. The van der Waals surface area contributed by atoms with Gasteiger partial charge in [0.05, 0.1) is 12.1 Å². The number of aryl methyl sites for hydroxylation is 1. The van der Waals surface area contributed by atoms with Crippen molar-refractivity contribution in [1.82, 2.24) is 35.1 Å². The van der Waals surface area contributed by atoms with Crippen molar-refractivity contribution in [2.45, 2.75) is 34.2 Å². The fraction of sp³-hybridized carbons (Fsp3) is 0.417. The number of aromatic nitrogens is 6. The number of halogens is 1. The van der Waals surface area contributed by atoms with Gasteiger partial charge in [0.15, 0.2) is 5.58 Å². The zero-order valence-corrected chi connectivity index (χ0v) is 20.2. The third-order valence-corrected chi connectivity index (χ3v) is 5.74. The second kappa shape index (κ2) is 8.71. The van der Waals surface area contributed by atoms with E-state index in [-0.39, 0.29) is 28.3 Å². The molecule has 0 N–H and O–H groups in total. The molecule has 1 saturated heterocycles. The van der Waals surface area contributed by atoms with Gasteiger partial charge in [0.25, 0.3) is 11.9 Å². The minimum atomic E-state index is -0.556. The summed E-state index contributed by atoms with van der Waals surface area (Å²) in [7, 11) is 0. The zero-order chi connectivity index (χ0) is 24.7. The molecule has 182 valence electrons. The van der Waals surface area contributed by atoms with Gasteiger partial charge in [-0.15, -0.1) is 10.2 Å². The van der Waals surface area contributed by atoms with E-state index >= 15 is 0 Å². The maximum absolute atomic E-state index is 14.9. The Morgan fingerprint density at radius 1 is 1.09 bits per heavy atom. The summed E-state index contributed by atoms with van der Waals surface area (Å²) < 4.78 is 20.7. The van der Waals surface area contributed by atoms with Crippen molar-refractivity contribution in [3.63, 3.8) is 0 Å². The van der Waals surface area contributed by atoms with E-state index in [4.69, 9.17) is 4.42 Å². The molecule has 0 saturated carbocycles. The highest BCUT2D eigenvalue weighted by molar-refractivity contribution is 5.94. The maximum atomic E-state index is 14.9. The van der Waals surface area contributed by atoms with Crippen molar-refractivity contribution in [2.75, 3.05) is 31.1 Å². The third kappa shape index (κ3) is 4.84. The van der Waals surface area contributed by atoms with Crippen LogP contribution < -0.4 is 4.90 Å². The van der Waals surface area contributed by atoms with E-state index in [1.807, 2.05) is 24.0 Å². The van der Waals surface area contributed by atoms with E-state index in [0.29, 0.717) is 50.0 Å². The molecule has 0 bridgehead atoms. The number of fused-ring (bicyclic) bond motifs is 1. The molecule has 0 radical (unpaired) electrons. The summed E-state index contributed by atoms with van der Waals surface area (Å²) in [6, 6.07) is 8.60. The lowest BCUT2D eigenvalue weighted by Gasteiger charge is -2.33. The van der Waals surface area contributed by atoms with Crippen molar-refractivity contribution in [3.8, 4) is 11.4 Å². The molecule has 0 spiro atoms. The Morgan fingerprint density at radius 3 is 2.57 bits per heavy atom. The number of oxazole rings is 1. The van der Waals surface area contributed by atoms with Crippen molar-refractivity contribution in [3.05, 3.63) is 47.4 Å². The molecular weight excluding hydrogens is 451 g/mol.